The number of hydrogen-bond acceptors (Lipinski definition) is 16. The summed E-state index contributed by atoms with van der Waals surface area (Å²) in [6.45, 7) is 22.6. The molecule has 3 fully saturated rings. The first-order chi connectivity index (χ1) is 28.3. The molecule has 0 radical (unpaired) electrons. The summed E-state index contributed by atoms with van der Waals surface area (Å²) in [7, 11) is 6.79. The van der Waals surface area contributed by atoms with E-state index in [1.165, 1.54) is 21.1 Å². The quantitative estimate of drug-likeness (QED) is 0.197. The summed E-state index contributed by atoms with van der Waals surface area (Å²) in [5.74, 6) is -4.12. The van der Waals surface area contributed by atoms with Crippen LogP contribution in [-0.2, 0) is 52.3 Å². The van der Waals surface area contributed by atoms with Crippen LogP contribution in [0.3, 0.4) is 0 Å². The standard InChI is InChI=1S/C44H81N3O14/c1-17-31-44(12,53)36(50)28(8)45-39(51)24(4)21-42(10,54-15)37(61-41-34(49)30(46(13)14)20-25(5)56-41)26(6)35(27(7)40(52)58-31)60-33-22-43(11,55-16)38(29(9)57-33)59-32(48)23-47(18-2)19-3/h24-31,33-38,41,49-50,53H,17-23H2,1-16H3,(H,45,51)/t24-,25-,26+,27-,28-,29+,30+,31-,33+,34-,35+,36-,37-,38?,41+,42-,43-,44-/m1/s1. The zero-order valence-electron chi connectivity index (χ0n) is 39.8. The Hall–Kier alpha value is -2.03. The molecule has 3 rings (SSSR count). The number of ether oxygens (including phenoxy) is 8. The highest BCUT2D eigenvalue weighted by Crippen LogP contribution is 2.41. The molecule has 1 amide bonds. The lowest BCUT2D eigenvalue weighted by atomic mass is 9.77. The number of aliphatic hydroxyl groups is 3. The Bertz CT molecular complexity index is 1420. The normalized spacial score (nSPS) is 43.6. The third kappa shape index (κ3) is 12.6. The Morgan fingerprint density at radius 2 is 1.48 bits per heavy atom. The number of amides is 1. The molecule has 17 heteroatoms. The van der Waals surface area contributed by atoms with Gasteiger partial charge in [-0.25, -0.2) is 0 Å². The summed E-state index contributed by atoms with van der Waals surface area (Å²) in [4.78, 5) is 45.3. The highest BCUT2D eigenvalue weighted by atomic mass is 16.7. The summed E-state index contributed by atoms with van der Waals surface area (Å²) in [6, 6.07) is -1.25. The van der Waals surface area contributed by atoms with Gasteiger partial charge in [0.1, 0.15) is 29.5 Å². The predicted molar refractivity (Wildman–Crippen MR) is 226 cm³/mol. The molecular weight excluding hydrogens is 794 g/mol. The van der Waals surface area contributed by atoms with E-state index in [-0.39, 0.29) is 38.0 Å². The Kier molecular flexibility index (Phi) is 19.4. The number of aliphatic hydroxyl groups excluding tert-OH is 2. The van der Waals surface area contributed by atoms with E-state index in [4.69, 9.17) is 37.9 Å². The van der Waals surface area contributed by atoms with Gasteiger partial charge in [0.25, 0.3) is 0 Å². The van der Waals surface area contributed by atoms with Crippen LogP contribution < -0.4 is 5.32 Å². The van der Waals surface area contributed by atoms with E-state index in [0.29, 0.717) is 19.5 Å². The predicted octanol–water partition coefficient (Wildman–Crippen LogP) is 2.63. The highest BCUT2D eigenvalue weighted by Gasteiger charge is 2.54. The van der Waals surface area contributed by atoms with Crippen molar-refractivity contribution in [2.45, 2.75) is 199 Å². The van der Waals surface area contributed by atoms with Crippen molar-refractivity contribution in [3.05, 3.63) is 0 Å². The van der Waals surface area contributed by atoms with Gasteiger partial charge in [-0.15, -0.1) is 0 Å². The van der Waals surface area contributed by atoms with Crippen molar-refractivity contribution < 1.29 is 67.6 Å². The Morgan fingerprint density at radius 3 is 2.02 bits per heavy atom. The van der Waals surface area contributed by atoms with Crippen molar-refractivity contribution in [2.24, 2.45) is 17.8 Å². The first-order valence-electron chi connectivity index (χ1n) is 22.2. The van der Waals surface area contributed by atoms with Crippen LogP contribution in [0.2, 0.25) is 0 Å². The Morgan fingerprint density at radius 1 is 0.885 bits per heavy atom. The zero-order valence-corrected chi connectivity index (χ0v) is 39.8. The fourth-order valence-electron chi connectivity index (χ4n) is 9.44. The van der Waals surface area contributed by atoms with Gasteiger partial charge in [-0.1, -0.05) is 34.6 Å². The lowest BCUT2D eigenvalue weighted by Crippen LogP contribution is -2.61. The minimum absolute atomic E-state index is 0.0847. The molecule has 3 heterocycles. The number of methoxy groups -OCH3 is 2. The monoisotopic (exact) mass is 876 g/mol. The maximum absolute atomic E-state index is 14.5. The van der Waals surface area contributed by atoms with E-state index in [1.807, 2.05) is 58.5 Å². The summed E-state index contributed by atoms with van der Waals surface area (Å²) < 4.78 is 51.0. The number of esters is 2. The SMILES string of the molecule is CC[C@H]1OC(=O)[C@H](C)[C@@H](O[C@H]2C[C@@](C)(OC)C(OC(=O)CN(CC)CC)[C@H](C)O2)[C@H](C)[C@@H](O[C@@H]2O[C@H](C)C[C@H](N(C)C)[C@H]2O)[C@](C)(OC)C[C@@H](C)C(=O)N[C@H](C)[C@@H](O)[C@]1(C)O. The van der Waals surface area contributed by atoms with E-state index < -0.39 is 114 Å². The fraction of sp³-hybridized carbons (Fsp3) is 0.932. The molecule has 18 atom stereocenters. The molecule has 3 saturated heterocycles. The zero-order chi connectivity index (χ0) is 46.4. The Balaban J connectivity index is 2.19. The van der Waals surface area contributed by atoms with Gasteiger partial charge in [0, 0.05) is 38.5 Å². The van der Waals surface area contributed by atoms with E-state index >= 15 is 0 Å². The van der Waals surface area contributed by atoms with Gasteiger partial charge in [0.05, 0.1) is 48.5 Å². The van der Waals surface area contributed by atoms with Crippen LogP contribution in [0.1, 0.15) is 109 Å². The lowest BCUT2D eigenvalue weighted by molar-refractivity contribution is -0.320. The van der Waals surface area contributed by atoms with Crippen molar-refractivity contribution in [3.63, 3.8) is 0 Å². The molecular formula is C44H81N3O14. The molecule has 0 spiro atoms. The number of hydrogen-bond donors (Lipinski definition) is 4. The minimum atomic E-state index is -1.97. The molecule has 17 nitrogen and oxygen atoms in total. The molecule has 356 valence electrons. The van der Waals surface area contributed by atoms with Crippen molar-refractivity contribution >= 4 is 17.8 Å². The van der Waals surface area contributed by atoms with Crippen LogP contribution >= 0.6 is 0 Å². The molecule has 0 saturated carbocycles. The number of nitrogens with zero attached hydrogens (tertiary/aromatic N) is 2. The van der Waals surface area contributed by atoms with Crippen molar-refractivity contribution in [2.75, 3.05) is 47.9 Å². The molecule has 3 aliphatic heterocycles. The van der Waals surface area contributed by atoms with E-state index in [0.717, 1.165) is 0 Å². The van der Waals surface area contributed by atoms with Crippen LogP contribution in [0.5, 0.6) is 0 Å². The van der Waals surface area contributed by atoms with Gasteiger partial charge in [0.2, 0.25) is 5.91 Å². The lowest BCUT2D eigenvalue weighted by Gasteiger charge is -2.49. The number of likely N-dealkylation sites (N-methyl/N-ethyl adjacent to an activating group) is 2. The second kappa shape index (κ2) is 22.2. The molecule has 61 heavy (non-hydrogen) atoms. The molecule has 3 aliphatic rings. The third-order valence-corrected chi connectivity index (χ3v) is 13.6. The average molecular weight is 876 g/mol. The van der Waals surface area contributed by atoms with Crippen LogP contribution in [0.25, 0.3) is 0 Å². The Labute approximate surface area is 364 Å². The summed E-state index contributed by atoms with van der Waals surface area (Å²) in [5.41, 5.74) is -4.34. The number of cyclic esters (lactones) is 1. The molecule has 0 aromatic carbocycles. The topological polar surface area (TPSA) is 204 Å². The van der Waals surface area contributed by atoms with E-state index in [1.54, 1.807) is 41.5 Å². The fourth-order valence-corrected chi connectivity index (χ4v) is 9.44. The van der Waals surface area contributed by atoms with Gasteiger partial charge in [-0.2, -0.15) is 0 Å². The first-order valence-corrected chi connectivity index (χ1v) is 22.2. The van der Waals surface area contributed by atoms with Crippen LogP contribution in [0.15, 0.2) is 0 Å². The average Bonchev–Trinajstić information content (AvgIpc) is 3.20. The van der Waals surface area contributed by atoms with Gasteiger partial charge in [0.15, 0.2) is 18.7 Å². The summed E-state index contributed by atoms with van der Waals surface area (Å²) in [6.07, 6.45) is -8.96. The molecule has 0 aromatic heterocycles. The molecule has 0 bridgehead atoms. The van der Waals surface area contributed by atoms with Gasteiger partial charge >= 0.3 is 11.9 Å². The molecule has 4 N–H and O–H groups in total. The number of carbonyl (C=O) groups excluding carboxylic acids is 3. The first kappa shape index (κ1) is 53.3. The number of carbonyl (C=O) groups is 3. The van der Waals surface area contributed by atoms with E-state index in [9.17, 15) is 29.7 Å². The maximum Gasteiger partial charge on any atom is 0.320 e. The molecule has 1 unspecified atom stereocenters. The van der Waals surface area contributed by atoms with Crippen molar-refractivity contribution in [3.8, 4) is 0 Å². The van der Waals surface area contributed by atoms with Crippen LogP contribution in [0.4, 0.5) is 0 Å². The van der Waals surface area contributed by atoms with Crippen molar-refractivity contribution in [1.82, 2.24) is 15.1 Å². The van der Waals surface area contributed by atoms with Gasteiger partial charge in [-0.05, 0) is 94.9 Å². The van der Waals surface area contributed by atoms with Crippen LogP contribution in [-0.4, -0.2) is 181 Å². The molecule has 0 aromatic rings. The third-order valence-electron chi connectivity index (χ3n) is 13.6. The number of nitrogens with one attached hydrogen (secondary N) is 1. The van der Waals surface area contributed by atoms with Gasteiger partial charge in [-0.3, -0.25) is 19.3 Å². The molecule has 0 aliphatic carbocycles. The largest absolute Gasteiger partial charge is 0.459 e. The smallest absolute Gasteiger partial charge is 0.320 e. The summed E-state index contributed by atoms with van der Waals surface area (Å²) in [5, 5.41) is 37.7. The number of rotatable bonds is 13. The van der Waals surface area contributed by atoms with Crippen LogP contribution in [0, 0.1) is 17.8 Å². The van der Waals surface area contributed by atoms with Gasteiger partial charge < -0.3 is 63.4 Å². The second-order valence-corrected chi connectivity index (χ2v) is 18.7. The van der Waals surface area contributed by atoms with Crippen molar-refractivity contribution in [1.29, 1.82) is 0 Å². The summed E-state index contributed by atoms with van der Waals surface area (Å²) >= 11 is 0. The second-order valence-electron chi connectivity index (χ2n) is 18.7. The van der Waals surface area contributed by atoms with E-state index in [2.05, 4.69) is 5.32 Å². The highest BCUT2D eigenvalue weighted by molar-refractivity contribution is 5.78. The minimum Gasteiger partial charge on any atom is -0.459 e. The maximum atomic E-state index is 14.5.